The van der Waals surface area contributed by atoms with E-state index in [4.69, 9.17) is 18.9 Å². The fourth-order valence-electron chi connectivity index (χ4n) is 2.52. The quantitative estimate of drug-likeness (QED) is 0.385. The molecule has 8 heteroatoms. The minimum Gasteiger partial charge on any atom is -0.437 e. The van der Waals surface area contributed by atoms with Crippen molar-refractivity contribution in [1.29, 1.82) is 0 Å². The van der Waals surface area contributed by atoms with Gasteiger partial charge in [0.15, 0.2) is 0 Å². The van der Waals surface area contributed by atoms with Crippen LogP contribution in [-0.4, -0.2) is 19.9 Å². The maximum Gasteiger partial charge on any atom is 0.241 e. The number of hydrogen-bond acceptors (Lipinski definition) is 8. The molecule has 4 aromatic rings. The molecule has 0 spiro atoms. The van der Waals surface area contributed by atoms with E-state index in [1.807, 2.05) is 0 Å². The monoisotopic (exact) mass is 372 g/mol. The second-order valence-electron chi connectivity index (χ2n) is 5.75. The summed E-state index contributed by atoms with van der Waals surface area (Å²) >= 11 is 0. The molecule has 0 saturated heterocycles. The van der Waals surface area contributed by atoms with Gasteiger partial charge in [0.2, 0.25) is 23.5 Å². The van der Waals surface area contributed by atoms with Crippen LogP contribution in [-0.2, 0) is 0 Å². The molecule has 0 fully saturated rings. The Kier molecular flexibility index (Phi) is 3.91. The van der Waals surface area contributed by atoms with E-state index in [1.54, 1.807) is 48.5 Å². The molecule has 0 N–H and O–H groups in total. The van der Waals surface area contributed by atoms with Crippen molar-refractivity contribution >= 4 is 0 Å². The molecule has 2 aliphatic heterocycles. The highest BCUT2D eigenvalue weighted by Gasteiger charge is 2.09. The Morgan fingerprint density at radius 2 is 0.857 bits per heavy atom. The Morgan fingerprint density at radius 3 is 1.29 bits per heavy atom. The van der Waals surface area contributed by atoms with Gasteiger partial charge < -0.3 is 18.9 Å². The molecule has 2 aromatic heterocycles. The zero-order valence-electron chi connectivity index (χ0n) is 14.4. The summed E-state index contributed by atoms with van der Waals surface area (Å²) < 4.78 is 23.0. The van der Waals surface area contributed by atoms with Crippen LogP contribution in [0.25, 0.3) is 0 Å². The van der Waals surface area contributed by atoms with Crippen LogP contribution in [0.15, 0.2) is 73.3 Å². The normalized spacial score (nSPS) is 12.0. The molecule has 0 amide bonds. The number of nitrogens with zero attached hydrogens (tertiary/aromatic N) is 4. The molecular formula is C20H12N4O4. The molecule has 0 atom stereocenters. The largest absolute Gasteiger partial charge is 0.437 e. The second kappa shape index (κ2) is 6.84. The highest BCUT2D eigenvalue weighted by atomic mass is 16.5. The highest BCUT2D eigenvalue weighted by molar-refractivity contribution is 5.38. The number of rotatable bonds is 0. The zero-order chi connectivity index (χ0) is 18.8. The first kappa shape index (κ1) is 16.0. The Balaban J connectivity index is 1.58. The van der Waals surface area contributed by atoms with E-state index in [2.05, 4.69) is 19.9 Å². The third-order valence-corrected chi connectivity index (χ3v) is 3.70. The van der Waals surface area contributed by atoms with Crippen molar-refractivity contribution in [1.82, 2.24) is 19.9 Å². The van der Waals surface area contributed by atoms with Gasteiger partial charge in [-0.15, -0.1) is 0 Å². The minimum atomic E-state index is 0.292. The van der Waals surface area contributed by atoms with Gasteiger partial charge in [-0.1, -0.05) is 6.07 Å². The predicted molar refractivity (Wildman–Crippen MR) is 97.2 cm³/mol. The lowest BCUT2D eigenvalue weighted by molar-refractivity contribution is 0.415. The Hall–Kier alpha value is -4.20. The van der Waals surface area contributed by atoms with Crippen LogP contribution >= 0.6 is 0 Å². The standard InChI is InChI=1S/C20H12N4O4/c1-2-15-8-16(3-1)28-20-12-22-10-18(24-20)26-14-6-4-13(5-7-14)25-17-9-21-11-19(23-17)27-15/h1-12H. The smallest absolute Gasteiger partial charge is 0.241 e. The van der Waals surface area contributed by atoms with E-state index in [9.17, 15) is 0 Å². The van der Waals surface area contributed by atoms with Gasteiger partial charge in [0.25, 0.3) is 0 Å². The molecule has 2 aliphatic rings. The van der Waals surface area contributed by atoms with E-state index in [-0.39, 0.29) is 0 Å². The highest BCUT2D eigenvalue weighted by Crippen LogP contribution is 2.30. The summed E-state index contributed by atoms with van der Waals surface area (Å²) in [6, 6.07) is 14.1. The average molecular weight is 372 g/mol. The van der Waals surface area contributed by atoms with Crippen molar-refractivity contribution in [2.75, 3.05) is 0 Å². The number of benzene rings is 2. The summed E-state index contributed by atoms with van der Waals surface area (Å²) in [5, 5.41) is 0. The molecule has 0 aliphatic carbocycles. The summed E-state index contributed by atoms with van der Waals surface area (Å²) in [5.41, 5.74) is 0. The fourth-order valence-corrected chi connectivity index (χ4v) is 2.52. The number of aromatic nitrogens is 4. The first-order valence-electron chi connectivity index (χ1n) is 8.36. The lowest BCUT2D eigenvalue weighted by Crippen LogP contribution is -1.94. The van der Waals surface area contributed by atoms with Gasteiger partial charge in [-0.05, 0) is 36.4 Å². The van der Waals surface area contributed by atoms with Crippen molar-refractivity contribution in [3.63, 3.8) is 0 Å². The van der Waals surface area contributed by atoms with Crippen molar-refractivity contribution in [2.24, 2.45) is 0 Å². The summed E-state index contributed by atoms with van der Waals surface area (Å²) in [7, 11) is 0. The molecule has 8 bridgehead atoms. The number of hydrogen-bond donors (Lipinski definition) is 0. The third-order valence-electron chi connectivity index (χ3n) is 3.70. The first-order chi connectivity index (χ1) is 13.8. The molecular weight excluding hydrogens is 360 g/mol. The van der Waals surface area contributed by atoms with E-state index in [1.165, 1.54) is 24.8 Å². The fraction of sp³-hybridized carbons (Fsp3) is 0. The summed E-state index contributed by atoms with van der Waals surface area (Å²) in [4.78, 5) is 16.8. The molecule has 8 nitrogen and oxygen atoms in total. The van der Waals surface area contributed by atoms with E-state index in [0.717, 1.165) is 0 Å². The molecule has 0 radical (unpaired) electrons. The minimum absolute atomic E-state index is 0.292. The lowest BCUT2D eigenvalue weighted by Gasteiger charge is -2.09. The van der Waals surface area contributed by atoms with Gasteiger partial charge >= 0.3 is 0 Å². The summed E-state index contributed by atoms with van der Waals surface area (Å²) in [6.45, 7) is 0. The van der Waals surface area contributed by atoms with Gasteiger partial charge in [-0.2, -0.15) is 9.97 Å². The van der Waals surface area contributed by atoms with Gasteiger partial charge in [0.05, 0.1) is 24.8 Å². The van der Waals surface area contributed by atoms with Gasteiger partial charge in [0, 0.05) is 6.07 Å². The van der Waals surface area contributed by atoms with E-state index in [0.29, 0.717) is 46.5 Å². The predicted octanol–water partition coefficient (Wildman–Crippen LogP) is 4.75. The summed E-state index contributed by atoms with van der Waals surface area (Å²) in [5.74, 6) is 3.40. The summed E-state index contributed by atoms with van der Waals surface area (Å²) in [6.07, 6.45) is 6.01. The molecule has 28 heavy (non-hydrogen) atoms. The maximum atomic E-state index is 5.77. The van der Waals surface area contributed by atoms with Gasteiger partial charge in [-0.3, -0.25) is 9.97 Å². The van der Waals surface area contributed by atoms with Crippen molar-refractivity contribution in [2.45, 2.75) is 0 Å². The molecule has 0 saturated carbocycles. The van der Waals surface area contributed by atoms with Crippen LogP contribution < -0.4 is 18.9 Å². The maximum absolute atomic E-state index is 5.77. The van der Waals surface area contributed by atoms with Crippen molar-refractivity contribution in [3.8, 4) is 46.5 Å². The average Bonchev–Trinajstić information content (AvgIpc) is 2.70. The van der Waals surface area contributed by atoms with Crippen LogP contribution in [0.3, 0.4) is 0 Å². The number of ether oxygens (including phenoxy) is 4. The second-order valence-corrected chi connectivity index (χ2v) is 5.75. The van der Waals surface area contributed by atoms with Gasteiger partial charge in [0.1, 0.15) is 23.0 Å². The lowest BCUT2D eigenvalue weighted by atomic mass is 10.3. The Morgan fingerprint density at radius 1 is 0.464 bits per heavy atom. The Labute approximate surface area is 159 Å². The van der Waals surface area contributed by atoms with Gasteiger partial charge in [-0.25, -0.2) is 0 Å². The topological polar surface area (TPSA) is 88.5 Å². The van der Waals surface area contributed by atoms with Crippen molar-refractivity contribution in [3.05, 3.63) is 73.3 Å². The number of fused-ring (bicyclic) bond motifs is 2. The van der Waals surface area contributed by atoms with E-state index >= 15 is 0 Å². The van der Waals surface area contributed by atoms with Crippen molar-refractivity contribution < 1.29 is 18.9 Å². The van der Waals surface area contributed by atoms with Crippen LogP contribution in [0.5, 0.6) is 46.5 Å². The Bertz CT molecular complexity index is 1050. The molecule has 4 heterocycles. The first-order valence-corrected chi connectivity index (χ1v) is 8.36. The van der Waals surface area contributed by atoms with E-state index < -0.39 is 0 Å². The third kappa shape index (κ3) is 3.51. The molecule has 136 valence electrons. The van der Waals surface area contributed by atoms with Crippen LogP contribution in [0.1, 0.15) is 0 Å². The zero-order valence-corrected chi connectivity index (χ0v) is 14.4. The SMILES string of the molecule is c1cc2cc(c1)Oc1cncc(n1)Oc1ccc(cc1)Oc1cncc(n1)O2. The van der Waals surface area contributed by atoms with Crippen LogP contribution in [0.2, 0.25) is 0 Å². The molecule has 2 aromatic carbocycles. The van der Waals surface area contributed by atoms with Crippen LogP contribution in [0.4, 0.5) is 0 Å². The van der Waals surface area contributed by atoms with Crippen LogP contribution in [0, 0.1) is 0 Å². The molecule has 0 unspecified atom stereocenters. The molecule has 6 rings (SSSR count).